The summed E-state index contributed by atoms with van der Waals surface area (Å²) >= 11 is 0. The van der Waals surface area contributed by atoms with E-state index < -0.39 is 10.0 Å². The fourth-order valence-electron chi connectivity index (χ4n) is 3.43. The Balaban J connectivity index is 2.46. The number of carbonyl (C=O) groups is 1. The molecule has 164 valence electrons. The third-order valence-electron chi connectivity index (χ3n) is 4.82. The molecule has 0 unspecified atom stereocenters. The third kappa shape index (κ3) is 5.75. The number of nitrogens with one attached hydrogen (secondary N) is 1. The standard InChI is InChI=1S/C23H32N2O4S/c1-6-29-21-15-11-10-14-20(21)25(30(27,28)19-12-8-7-9-13-19)16-22(26)24-23(17(2)3)18(4)5/h7-15,17-18,23H,6,16H2,1-5H3,(H,24,26). The maximum absolute atomic E-state index is 13.5. The number of para-hydroxylation sites is 2. The van der Waals surface area contributed by atoms with Crippen LogP contribution in [-0.4, -0.2) is 33.5 Å². The molecule has 0 aromatic heterocycles. The van der Waals surface area contributed by atoms with Crippen molar-refractivity contribution >= 4 is 21.6 Å². The lowest BCUT2D eigenvalue weighted by Gasteiger charge is -2.29. The van der Waals surface area contributed by atoms with Gasteiger partial charge >= 0.3 is 0 Å². The highest BCUT2D eigenvalue weighted by Gasteiger charge is 2.30. The number of amides is 1. The summed E-state index contributed by atoms with van der Waals surface area (Å²) in [6.45, 7) is 10.0. The maximum atomic E-state index is 13.5. The van der Waals surface area contributed by atoms with E-state index in [2.05, 4.69) is 5.32 Å². The van der Waals surface area contributed by atoms with E-state index in [0.717, 1.165) is 4.31 Å². The van der Waals surface area contributed by atoms with Gasteiger partial charge in [0.25, 0.3) is 10.0 Å². The molecule has 0 saturated carbocycles. The number of benzene rings is 2. The molecule has 0 saturated heterocycles. The molecule has 2 aromatic carbocycles. The van der Waals surface area contributed by atoms with Gasteiger partial charge in [0.1, 0.15) is 12.3 Å². The van der Waals surface area contributed by atoms with Crippen LogP contribution < -0.4 is 14.4 Å². The quantitative estimate of drug-likeness (QED) is 0.614. The monoisotopic (exact) mass is 432 g/mol. The number of rotatable bonds is 10. The normalized spacial score (nSPS) is 11.7. The Kier molecular flexibility index (Phi) is 8.29. The second kappa shape index (κ2) is 10.5. The van der Waals surface area contributed by atoms with Crippen molar-refractivity contribution in [3.8, 4) is 5.75 Å². The summed E-state index contributed by atoms with van der Waals surface area (Å²) in [6, 6.07) is 14.9. The Labute approximate surface area is 180 Å². The van der Waals surface area contributed by atoms with Crippen LogP contribution in [-0.2, 0) is 14.8 Å². The molecule has 0 fully saturated rings. The molecule has 1 amide bonds. The highest BCUT2D eigenvalue weighted by molar-refractivity contribution is 7.92. The van der Waals surface area contributed by atoms with E-state index in [-0.39, 0.29) is 35.2 Å². The third-order valence-corrected chi connectivity index (χ3v) is 6.59. The van der Waals surface area contributed by atoms with Crippen molar-refractivity contribution in [3.05, 3.63) is 54.6 Å². The van der Waals surface area contributed by atoms with E-state index >= 15 is 0 Å². The molecular formula is C23H32N2O4S. The molecule has 0 aliphatic heterocycles. The van der Waals surface area contributed by atoms with Crippen LogP contribution in [0, 0.1) is 11.8 Å². The van der Waals surface area contributed by atoms with Gasteiger partial charge in [0.05, 0.1) is 17.2 Å². The van der Waals surface area contributed by atoms with Crippen molar-refractivity contribution in [2.45, 2.75) is 45.6 Å². The highest BCUT2D eigenvalue weighted by Crippen LogP contribution is 2.32. The summed E-state index contributed by atoms with van der Waals surface area (Å²) in [6.07, 6.45) is 0. The van der Waals surface area contributed by atoms with E-state index in [1.807, 2.05) is 34.6 Å². The lowest BCUT2D eigenvalue weighted by molar-refractivity contribution is -0.121. The molecule has 0 aliphatic rings. The largest absolute Gasteiger partial charge is 0.492 e. The van der Waals surface area contributed by atoms with E-state index in [0.29, 0.717) is 18.0 Å². The van der Waals surface area contributed by atoms with Gasteiger partial charge in [0, 0.05) is 6.04 Å². The van der Waals surface area contributed by atoms with Crippen LogP contribution in [0.4, 0.5) is 5.69 Å². The molecule has 0 bridgehead atoms. The zero-order valence-corrected chi connectivity index (χ0v) is 19.1. The molecule has 0 heterocycles. The molecule has 2 aromatic rings. The molecule has 0 atom stereocenters. The smallest absolute Gasteiger partial charge is 0.264 e. The minimum Gasteiger partial charge on any atom is -0.492 e. The lowest BCUT2D eigenvalue weighted by Crippen LogP contribution is -2.48. The topological polar surface area (TPSA) is 75.7 Å². The summed E-state index contributed by atoms with van der Waals surface area (Å²) in [5.74, 6) is 0.512. The number of nitrogens with zero attached hydrogens (tertiary/aromatic N) is 1. The van der Waals surface area contributed by atoms with Crippen molar-refractivity contribution in [2.24, 2.45) is 11.8 Å². The van der Waals surface area contributed by atoms with E-state index in [9.17, 15) is 13.2 Å². The first-order chi connectivity index (χ1) is 14.2. The molecule has 0 radical (unpaired) electrons. The number of hydrogen-bond acceptors (Lipinski definition) is 4. The van der Waals surface area contributed by atoms with Gasteiger partial charge in [-0.15, -0.1) is 0 Å². The zero-order valence-electron chi connectivity index (χ0n) is 18.3. The molecule has 0 aliphatic carbocycles. The Morgan fingerprint density at radius 2 is 1.53 bits per heavy atom. The number of anilines is 1. The summed E-state index contributed by atoms with van der Waals surface area (Å²) in [5, 5.41) is 3.01. The first-order valence-corrected chi connectivity index (χ1v) is 11.7. The van der Waals surface area contributed by atoms with Crippen molar-refractivity contribution < 1.29 is 17.9 Å². The minimum absolute atomic E-state index is 0.0547. The van der Waals surface area contributed by atoms with E-state index in [4.69, 9.17) is 4.74 Å². The zero-order chi connectivity index (χ0) is 22.3. The first-order valence-electron chi connectivity index (χ1n) is 10.3. The maximum Gasteiger partial charge on any atom is 0.264 e. The molecule has 7 heteroatoms. The van der Waals surface area contributed by atoms with Crippen LogP contribution >= 0.6 is 0 Å². The SMILES string of the molecule is CCOc1ccccc1N(CC(=O)NC(C(C)C)C(C)C)S(=O)(=O)c1ccccc1. The molecule has 30 heavy (non-hydrogen) atoms. The predicted octanol–water partition coefficient (Wildman–Crippen LogP) is 4.08. The van der Waals surface area contributed by atoms with Crippen LogP contribution in [0.15, 0.2) is 59.5 Å². The molecular weight excluding hydrogens is 400 g/mol. The number of ether oxygens (including phenoxy) is 1. The minimum atomic E-state index is -3.97. The summed E-state index contributed by atoms with van der Waals surface area (Å²) in [5.41, 5.74) is 0.337. The average Bonchev–Trinajstić information content (AvgIpc) is 2.71. The van der Waals surface area contributed by atoms with Crippen molar-refractivity contribution in [1.29, 1.82) is 0 Å². The Morgan fingerprint density at radius 3 is 2.10 bits per heavy atom. The Morgan fingerprint density at radius 1 is 0.967 bits per heavy atom. The number of carbonyl (C=O) groups excluding carboxylic acids is 1. The Hall–Kier alpha value is -2.54. The average molecular weight is 433 g/mol. The van der Waals surface area contributed by atoms with Gasteiger partial charge in [-0.1, -0.05) is 58.0 Å². The molecule has 2 rings (SSSR count). The Bertz CT molecular complexity index is 919. The van der Waals surface area contributed by atoms with Crippen LogP contribution in [0.25, 0.3) is 0 Å². The van der Waals surface area contributed by atoms with Gasteiger partial charge in [-0.2, -0.15) is 0 Å². The second-order valence-corrected chi connectivity index (χ2v) is 9.67. The summed E-state index contributed by atoms with van der Waals surface area (Å²) in [7, 11) is -3.97. The van der Waals surface area contributed by atoms with Gasteiger partial charge in [-0.25, -0.2) is 8.42 Å². The van der Waals surface area contributed by atoms with Crippen molar-refractivity contribution in [2.75, 3.05) is 17.5 Å². The fourth-order valence-corrected chi connectivity index (χ4v) is 4.88. The van der Waals surface area contributed by atoms with Gasteiger partial charge in [0.15, 0.2) is 0 Å². The van der Waals surface area contributed by atoms with Gasteiger partial charge in [-0.05, 0) is 43.0 Å². The number of sulfonamides is 1. The summed E-state index contributed by atoms with van der Waals surface area (Å²) in [4.78, 5) is 13.1. The molecule has 1 N–H and O–H groups in total. The van der Waals surface area contributed by atoms with Gasteiger partial charge < -0.3 is 10.1 Å². The highest BCUT2D eigenvalue weighted by atomic mass is 32.2. The molecule has 0 spiro atoms. The van der Waals surface area contributed by atoms with Gasteiger partial charge in [-0.3, -0.25) is 9.10 Å². The fraction of sp³-hybridized carbons (Fsp3) is 0.435. The predicted molar refractivity (Wildman–Crippen MR) is 120 cm³/mol. The molecule has 6 nitrogen and oxygen atoms in total. The first kappa shape index (κ1) is 23.7. The lowest BCUT2D eigenvalue weighted by atomic mass is 9.93. The van der Waals surface area contributed by atoms with Crippen LogP contribution in [0.2, 0.25) is 0 Å². The number of hydrogen-bond donors (Lipinski definition) is 1. The summed E-state index contributed by atoms with van der Waals surface area (Å²) < 4.78 is 33.7. The van der Waals surface area contributed by atoms with Crippen molar-refractivity contribution in [1.82, 2.24) is 5.32 Å². The van der Waals surface area contributed by atoms with Crippen molar-refractivity contribution in [3.63, 3.8) is 0 Å². The van der Waals surface area contributed by atoms with Crippen LogP contribution in [0.3, 0.4) is 0 Å². The van der Waals surface area contributed by atoms with Crippen LogP contribution in [0.5, 0.6) is 5.75 Å². The van der Waals surface area contributed by atoms with E-state index in [1.165, 1.54) is 12.1 Å². The van der Waals surface area contributed by atoms with Crippen LogP contribution in [0.1, 0.15) is 34.6 Å². The van der Waals surface area contributed by atoms with E-state index in [1.54, 1.807) is 42.5 Å². The van der Waals surface area contributed by atoms with Gasteiger partial charge in [0.2, 0.25) is 5.91 Å². The second-order valence-electron chi connectivity index (χ2n) is 7.81.